The minimum atomic E-state index is -0.550. The summed E-state index contributed by atoms with van der Waals surface area (Å²) < 4.78 is 0. The van der Waals surface area contributed by atoms with E-state index < -0.39 is 18.1 Å². The summed E-state index contributed by atoms with van der Waals surface area (Å²) in [7, 11) is 0. The van der Waals surface area contributed by atoms with Crippen LogP contribution in [-0.2, 0) is 16.0 Å². The predicted molar refractivity (Wildman–Crippen MR) is 82.1 cm³/mol. The lowest BCUT2D eigenvalue weighted by atomic mass is 10.1. The topological polar surface area (TPSA) is 113 Å². The summed E-state index contributed by atoms with van der Waals surface area (Å²) in [4.78, 5) is 34.3. The van der Waals surface area contributed by atoms with E-state index in [4.69, 9.17) is 5.73 Å². The van der Waals surface area contributed by atoms with Gasteiger partial charge in [-0.2, -0.15) is 0 Å². The Hall–Kier alpha value is -2.41. The number of imide groups is 1. The fourth-order valence-corrected chi connectivity index (χ4v) is 2.24. The number of carbonyl (C=O) groups excluding carboxylic acids is 3. The van der Waals surface area contributed by atoms with Crippen molar-refractivity contribution in [2.24, 2.45) is 5.73 Å². The molecule has 0 aromatic heterocycles. The monoisotopic (exact) mass is 304 g/mol. The Morgan fingerprint density at radius 2 is 2.00 bits per heavy atom. The Morgan fingerprint density at radius 1 is 1.32 bits per heavy atom. The van der Waals surface area contributed by atoms with Gasteiger partial charge in [-0.1, -0.05) is 25.5 Å². The van der Waals surface area contributed by atoms with Crippen molar-refractivity contribution in [1.29, 1.82) is 0 Å². The van der Waals surface area contributed by atoms with Gasteiger partial charge in [0.25, 0.3) is 5.91 Å². The summed E-state index contributed by atoms with van der Waals surface area (Å²) in [5, 5.41) is 7.48. The molecule has 7 heteroatoms. The fourth-order valence-electron chi connectivity index (χ4n) is 2.24. The van der Waals surface area contributed by atoms with Crippen LogP contribution in [0.4, 0.5) is 10.5 Å². The molecule has 1 aliphatic heterocycles. The van der Waals surface area contributed by atoms with Crippen molar-refractivity contribution in [2.45, 2.75) is 38.3 Å². The number of urea groups is 1. The number of anilines is 1. The lowest BCUT2D eigenvalue weighted by Gasteiger charge is -2.12. The molecule has 0 bridgehead atoms. The molecule has 1 fully saturated rings. The summed E-state index contributed by atoms with van der Waals surface area (Å²) in [6.07, 6.45) is 1.89. The zero-order valence-electron chi connectivity index (χ0n) is 12.4. The first-order valence-electron chi connectivity index (χ1n) is 7.26. The van der Waals surface area contributed by atoms with E-state index in [1.807, 2.05) is 6.92 Å². The maximum Gasteiger partial charge on any atom is 0.322 e. The van der Waals surface area contributed by atoms with Crippen molar-refractivity contribution in [2.75, 3.05) is 5.32 Å². The fraction of sp³-hybridized carbons (Fsp3) is 0.400. The number of rotatable bonds is 6. The van der Waals surface area contributed by atoms with Crippen LogP contribution >= 0.6 is 0 Å². The molecule has 1 saturated heterocycles. The van der Waals surface area contributed by atoms with Gasteiger partial charge >= 0.3 is 6.03 Å². The number of hydrogen-bond acceptors (Lipinski definition) is 4. The van der Waals surface area contributed by atoms with E-state index in [1.54, 1.807) is 24.3 Å². The lowest BCUT2D eigenvalue weighted by Crippen LogP contribution is -2.35. The van der Waals surface area contributed by atoms with Gasteiger partial charge in [0.2, 0.25) is 5.91 Å². The Kier molecular flexibility index (Phi) is 5.11. The largest absolute Gasteiger partial charge is 0.326 e. The summed E-state index contributed by atoms with van der Waals surface area (Å²) in [6.45, 7) is 1.97. The highest BCUT2D eigenvalue weighted by atomic mass is 16.2. The van der Waals surface area contributed by atoms with Crippen LogP contribution < -0.4 is 21.7 Å². The van der Waals surface area contributed by atoms with Gasteiger partial charge in [0, 0.05) is 12.1 Å². The van der Waals surface area contributed by atoms with Gasteiger partial charge in [0.15, 0.2) is 0 Å². The Bertz CT molecular complexity index is 571. The number of nitrogens with one attached hydrogen (secondary N) is 3. The number of hydrogen-bond donors (Lipinski definition) is 4. The Balaban J connectivity index is 1.91. The molecule has 1 heterocycles. The third kappa shape index (κ3) is 4.05. The van der Waals surface area contributed by atoms with E-state index in [1.165, 1.54) is 0 Å². The van der Waals surface area contributed by atoms with Gasteiger partial charge in [-0.15, -0.1) is 0 Å². The average Bonchev–Trinajstić information content (AvgIpc) is 2.79. The van der Waals surface area contributed by atoms with Gasteiger partial charge in [0.1, 0.15) is 6.04 Å². The van der Waals surface area contributed by atoms with E-state index in [9.17, 15) is 14.4 Å². The molecule has 0 radical (unpaired) electrons. The zero-order chi connectivity index (χ0) is 16.1. The third-order valence-electron chi connectivity index (χ3n) is 3.46. The second kappa shape index (κ2) is 7.04. The minimum absolute atomic E-state index is 0.211. The molecule has 2 rings (SSSR count). The molecular formula is C15H20N4O3. The summed E-state index contributed by atoms with van der Waals surface area (Å²) in [5.41, 5.74) is 7.29. The Labute approximate surface area is 128 Å². The van der Waals surface area contributed by atoms with Gasteiger partial charge in [-0.05, 0) is 24.1 Å². The summed E-state index contributed by atoms with van der Waals surface area (Å²) in [5.74, 6) is -0.537. The number of carbonyl (C=O) groups is 3. The standard InChI is InChI=1S/C15H20N4O3/c1-2-3-11(16)13(20)17-10-6-4-9(5-7-10)8-12-14(21)19-15(22)18-12/h4-7,11-12H,2-3,8,16H2,1H3,(H,17,20)(H2,18,19,21,22). The first kappa shape index (κ1) is 16.0. The highest BCUT2D eigenvalue weighted by Crippen LogP contribution is 2.13. The number of amides is 4. The molecular weight excluding hydrogens is 284 g/mol. The summed E-state index contributed by atoms with van der Waals surface area (Å²) in [6, 6.07) is 5.58. The predicted octanol–water partition coefficient (Wildman–Crippen LogP) is 0.503. The van der Waals surface area contributed by atoms with Crippen LogP contribution in [0.3, 0.4) is 0 Å². The van der Waals surface area contributed by atoms with Crippen molar-refractivity contribution in [1.82, 2.24) is 10.6 Å². The molecule has 1 aromatic rings. The van der Waals surface area contributed by atoms with E-state index in [0.29, 0.717) is 18.5 Å². The van der Waals surface area contributed by atoms with Crippen LogP contribution in [0, 0.1) is 0 Å². The van der Waals surface area contributed by atoms with Gasteiger partial charge in [-0.25, -0.2) is 4.79 Å². The maximum absolute atomic E-state index is 11.8. The van der Waals surface area contributed by atoms with Crippen LogP contribution in [0.1, 0.15) is 25.3 Å². The van der Waals surface area contributed by atoms with Gasteiger partial charge in [-0.3, -0.25) is 14.9 Å². The first-order chi connectivity index (χ1) is 10.5. The molecule has 7 nitrogen and oxygen atoms in total. The molecule has 1 aromatic carbocycles. The average molecular weight is 304 g/mol. The highest BCUT2D eigenvalue weighted by Gasteiger charge is 2.29. The molecule has 2 atom stereocenters. The molecule has 1 aliphatic rings. The summed E-state index contributed by atoms with van der Waals surface area (Å²) >= 11 is 0. The normalized spacial score (nSPS) is 18.5. The van der Waals surface area contributed by atoms with Gasteiger partial charge < -0.3 is 16.4 Å². The maximum atomic E-state index is 11.8. The van der Waals surface area contributed by atoms with Crippen LogP contribution in [0.15, 0.2) is 24.3 Å². The van der Waals surface area contributed by atoms with Crippen molar-refractivity contribution >= 4 is 23.5 Å². The minimum Gasteiger partial charge on any atom is -0.326 e. The second-order valence-electron chi connectivity index (χ2n) is 5.30. The first-order valence-corrected chi connectivity index (χ1v) is 7.26. The lowest BCUT2D eigenvalue weighted by molar-refractivity contribution is -0.120. The van der Waals surface area contributed by atoms with Crippen molar-refractivity contribution in [3.63, 3.8) is 0 Å². The van der Waals surface area contributed by atoms with Crippen molar-refractivity contribution in [3.05, 3.63) is 29.8 Å². The molecule has 0 spiro atoms. The van der Waals surface area contributed by atoms with E-state index in [2.05, 4.69) is 16.0 Å². The van der Waals surface area contributed by atoms with Gasteiger partial charge in [0.05, 0.1) is 6.04 Å². The van der Waals surface area contributed by atoms with E-state index >= 15 is 0 Å². The smallest absolute Gasteiger partial charge is 0.322 e. The van der Waals surface area contributed by atoms with Crippen molar-refractivity contribution < 1.29 is 14.4 Å². The van der Waals surface area contributed by atoms with Crippen LogP contribution in [0.2, 0.25) is 0 Å². The molecule has 0 saturated carbocycles. The van der Waals surface area contributed by atoms with E-state index in [-0.39, 0.29) is 11.8 Å². The second-order valence-corrected chi connectivity index (χ2v) is 5.30. The molecule has 0 aliphatic carbocycles. The molecule has 4 amide bonds. The molecule has 2 unspecified atom stereocenters. The molecule has 5 N–H and O–H groups in total. The third-order valence-corrected chi connectivity index (χ3v) is 3.46. The highest BCUT2D eigenvalue weighted by molar-refractivity contribution is 6.04. The SMILES string of the molecule is CCCC(N)C(=O)Nc1ccc(CC2NC(=O)NC2=O)cc1. The number of nitrogens with two attached hydrogens (primary N) is 1. The molecule has 22 heavy (non-hydrogen) atoms. The van der Waals surface area contributed by atoms with E-state index in [0.717, 1.165) is 12.0 Å². The molecule has 118 valence electrons. The quantitative estimate of drug-likeness (QED) is 0.573. The Morgan fingerprint density at radius 3 is 2.55 bits per heavy atom. The number of benzene rings is 1. The van der Waals surface area contributed by atoms with Crippen LogP contribution in [0.25, 0.3) is 0 Å². The zero-order valence-corrected chi connectivity index (χ0v) is 12.4. The van der Waals surface area contributed by atoms with Crippen molar-refractivity contribution in [3.8, 4) is 0 Å². The van der Waals surface area contributed by atoms with Crippen LogP contribution in [0.5, 0.6) is 0 Å². The van der Waals surface area contributed by atoms with Crippen LogP contribution in [-0.4, -0.2) is 29.9 Å².